The van der Waals surface area contributed by atoms with Crippen LogP contribution in [0.15, 0.2) is 60.7 Å². The molecule has 0 fully saturated rings. The molecule has 1 unspecified atom stereocenters. The number of carbonyl (C=O) groups excluding carboxylic acids is 2. The van der Waals surface area contributed by atoms with E-state index in [-0.39, 0.29) is 18.0 Å². The maximum Gasteiger partial charge on any atom is 0.338 e. The van der Waals surface area contributed by atoms with E-state index in [1.54, 1.807) is 12.1 Å². The van der Waals surface area contributed by atoms with Crippen LogP contribution in [0.2, 0.25) is 0 Å². The minimum atomic E-state index is -0.196. The molecule has 2 aromatic carbocycles. The zero-order valence-electron chi connectivity index (χ0n) is 21.6. The van der Waals surface area contributed by atoms with Gasteiger partial charge in [0.1, 0.15) is 11.9 Å². The molecule has 0 saturated heterocycles. The molecule has 0 amide bonds. The van der Waals surface area contributed by atoms with Crippen molar-refractivity contribution in [1.29, 1.82) is 0 Å². The average Bonchev–Trinajstić information content (AvgIpc) is 2.88. The summed E-state index contributed by atoms with van der Waals surface area (Å²) in [6, 6.07) is 18.6. The Labute approximate surface area is 212 Å². The highest BCUT2D eigenvalue weighted by Gasteiger charge is 2.15. The van der Waals surface area contributed by atoms with Gasteiger partial charge < -0.3 is 9.47 Å². The van der Waals surface area contributed by atoms with Crippen molar-refractivity contribution >= 4 is 11.9 Å². The Morgan fingerprint density at radius 1 is 0.657 bits per heavy atom. The Morgan fingerprint density at radius 2 is 1.17 bits per heavy atom. The summed E-state index contributed by atoms with van der Waals surface area (Å²) in [5, 5.41) is 0. The van der Waals surface area contributed by atoms with E-state index in [4.69, 9.17) is 9.47 Å². The third-order valence-electron chi connectivity index (χ3n) is 6.29. The quantitative estimate of drug-likeness (QED) is 0.115. The van der Waals surface area contributed by atoms with Gasteiger partial charge in [-0.3, -0.25) is 4.79 Å². The Morgan fingerprint density at radius 3 is 1.77 bits per heavy atom. The monoisotopic (exact) mass is 480 g/mol. The Kier molecular flexibility index (Phi) is 15.3. The van der Waals surface area contributed by atoms with Crippen LogP contribution in [0.5, 0.6) is 5.75 Å². The zero-order chi connectivity index (χ0) is 25.0. The summed E-state index contributed by atoms with van der Waals surface area (Å²) in [6.45, 7) is 2.22. The molecule has 0 aliphatic rings. The molecule has 0 radical (unpaired) electrons. The third kappa shape index (κ3) is 13.8. The average molecular weight is 481 g/mol. The van der Waals surface area contributed by atoms with Gasteiger partial charge in [-0.25, -0.2) is 4.79 Å². The molecule has 2 aromatic rings. The van der Waals surface area contributed by atoms with Crippen molar-refractivity contribution in [2.24, 2.45) is 0 Å². The van der Waals surface area contributed by atoms with Crippen LogP contribution < -0.4 is 4.74 Å². The number of ether oxygens (including phenoxy) is 2. The number of hydrogen-bond acceptors (Lipinski definition) is 4. The highest BCUT2D eigenvalue weighted by molar-refractivity contribution is 5.89. The maximum atomic E-state index is 12.5. The molecule has 0 saturated carbocycles. The van der Waals surface area contributed by atoms with Crippen LogP contribution in [-0.4, -0.2) is 18.0 Å². The molecule has 0 aromatic heterocycles. The SMILES string of the molecule is CCCCCCC(CCCCCCCCCCC(=O)Oc1ccccc1)OC(=O)c1ccccc1. The second kappa shape index (κ2) is 18.7. The molecule has 0 heterocycles. The van der Waals surface area contributed by atoms with Crippen LogP contribution in [0.3, 0.4) is 0 Å². The van der Waals surface area contributed by atoms with Gasteiger partial charge in [-0.15, -0.1) is 0 Å². The number of hydrogen-bond donors (Lipinski definition) is 0. The number of carbonyl (C=O) groups is 2. The van der Waals surface area contributed by atoms with Gasteiger partial charge >= 0.3 is 11.9 Å². The van der Waals surface area contributed by atoms with Crippen molar-refractivity contribution in [3.8, 4) is 5.75 Å². The van der Waals surface area contributed by atoms with E-state index in [1.807, 2.05) is 48.5 Å². The molecule has 0 spiro atoms. The van der Waals surface area contributed by atoms with Gasteiger partial charge in [-0.2, -0.15) is 0 Å². The van der Waals surface area contributed by atoms with E-state index < -0.39 is 0 Å². The van der Waals surface area contributed by atoms with Crippen LogP contribution in [0, 0.1) is 0 Å². The van der Waals surface area contributed by atoms with Gasteiger partial charge in [-0.05, 0) is 56.4 Å². The first-order valence-electron chi connectivity index (χ1n) is 13.7. The van der Waals surface area contributed by atoms with Gasteiger partial charge in [-0.1, -0.05) is 101 Å². The molecule has 0 aliphatic carbocycles. The second-order valence-corrected chi connectivity index (χ2v) is 9.40. The van der Waals surface area contributed by atoms with Crippen LogP contribution in [0.1, 0.15) is 114 Å². The summed E-state index contributed by atoms with van der Waals surface area (Å²) in [5.41, 5.74) is 0.638. The molecule has 35 heavy (non-hydrogen) atoms. The van der Waals surface area contributed by atoms with Crippen LogP contribution in [-0.2, 0) is 9.53 Å². The Bertz CT molecular complexity index is 803. The first-order valence-corrected chi connectivity index (χ1v) is 13.7. The summed E-state index contributed by atoms with van der Waals surface area (Å²) in [6.07, 6.45) is 16.3. The lowest BCUT2D eigenvalue weighted by atomic mass is 10.0. The van der Waals surface area contributed by atoms with Crippen LogP contribution in [0.4, 0.5) is 0 Å². The lowest BCUT2D eigenvalue weighted by Gasteiger charge is -2.18. The number of benzene rings is 2. The van der Waals surface area contributed by atoms with E-state index in [9.17, 15) is 9.59 Å². The number of esters is 2. The number of para-hydroxylation sites is 1. The molecular weight excluding hydrogens is 436 g/mol. The molecule has 4 heteroatoms. The minimum absolute atomic E-state index is 0.0233. The topological polar surface area (TPSA) is 52.6 Å². The Balaban J connectivity index is 1.52. The first-order chi connectivity index (χ1) is 17.2. The van der Waals surface area contributed by atoms with Crippen molar-refractivity contribution in [3.63, 3.8) is 0 Å². The minimum Gasteiger partial charge on any atom is -0.459 e. The van der Waals surface area contributed by atoms with E-state index >= 15 is 0 Å². The predicted octanol–water partition coefficient (Wildman–Crippen LogP) is 8.69. The molecule has 0 N–H and O–H groups in total. The van der Waals surface area contributed by atoms with Crippen LogP contribution in [0.25, 0.3) is 0 Å². The second-order valence-electron chi connectivity index (χ2n) is 9.40. The predicted molar refractivity (Wildman–Crippen MR) is 143 cm³/mol. The highest BCUT2D eigenvalue weighted by Crippen LogP contribution is 2.18. The maximum absolute atomic E-state index is 12.5. The van der Waals surface area contributed by atoms with E-state index in [0.29, 0.717) is 17.7 Å². The van der Waals surface area contributed by atoms with Crippen molar-refractivity contribution in [2.45, 2.75) is 109 Å². The standard InChI is InChI=1S/C31H44O4/c1-2-3-4-15-24-29(35-31(33)27-20-13-11-14-21-27)25-16-9-7-5-6-8-10-19-26-30(32)34-28-22-17-12-18-23-28/h11-14,17-18,20-23,29H,2-10,15-16,19,24-26H2,1H3. The normalized spacial score (nSPS) is 11.7. The highest BCUT2D eigenvalue weighted by atomic mass is 16.5. The summed E-state index contributed by atoms with van der Waals surface area (Å²) >= 11 is 0. The molecule has 2 rings (SSSR count). The fraction of sp³-hybridized carbons (Fsp3) is 0.548. The molecule has 0 aliphatic heterocycles. The van der Waals surface area contributed by atoms with E-state index in [0.717, 1.165) is 44.9 Å². The van der Waals surface area contributed by atoms with Gasteiger partial charge in [0.15, 0.2) is 0 Å². The van der Waals surface area contributed by atoms with Gasteiger partial charge in [0.2, 0.25) is 0 Å². The molecule has 4 nitrogen and oxygen atoms in total. The third-order valence-corrected chi connectivity index (χ3v) is 6.29. The van der Waals surface area contributed by atoms with Gasteiger partial charge in [0.05, 0.1) is 5.56 Å². The van der Waals surface area contributed by atoms with Crippen molar-refractivity contribution in [3.05, 3.63) is 66.2 Å². The summed E-state index contributed by atoms with van der Waals surface area (Å²) in [4.78, 5) is 24.4. The largest absolute Gasteiger partial charge is 0.459 e. The zero-order valence-corrected chi connectivity index (χ0v) is 21.6. The lowest BCUT2D eigenvalue weighted by molar-refractivity contribution is -0.134. The Hall–Kier alpha value is -2.62. The molecule has 0 bridgehead atoms. The summed E-state index contributed by atoms with van der Waals surface area (Å²) < 4.78 is 11.2. The van der Waals surface area contributed by atoms with Crippen molar-refractivity contribution in [1.82, 2.24) is 0 Å². The van der Waals surface area contributed by atoms with Crippen molar-refractivity contribution in [2.75, 3.05) is 0 Å². The molecular formula is C31H44O4. The fourth-order valence-electron chi connectivity index (χ4n) is 4.23. The van der Waals surface area contributed by atoms with Gasteiger partial charge in [0, 0.05) is 6.42 Å². The van der Waals surface area contributed by atoms with Gasteiger partial charge in [0.25, 0.3) is 0 Å². The number of rotatable bonds is 19. The lowest BCUT2D eigenvalue weighted by Crippen LogP contribution is -2.18. The fourth-order valence-corrected chi connectivity index (χ4v) is 4.23. The smallest absolute Gasteiger partial charge is 0.338 e. The van der Waals surface area contributed by atoms with E-state index in [2.05, 4.69) is 6.92 Å². The summed E-state index contributed by atoms with van der Waals surface area (Å²) in [5.74, 6) is 0.280. The van der Waals surface area contributed by atoms with Crippen molar-refractivity contribution < 1.29 is 19.1 Å². The molecule has 1 atom stereocenters. The van der Waals surface area contributed by atoms with Crippen LogP contribution >= 0.6 is 0 Å². The molecule has 192 valence electrons. The summed E-state index contributed by atoms with van der Waals surface area (Å²) in [7, 11) is 0. The number of unbranched alkanes of at least 4 members (excludes halogenated alkanes) is 10. The van der Waals surface area contributed by atoms with E-state index in [1.165, 1.54) is 44.9 Å². The first kappa shape index (κ1) is 28.6.